The molecule has 2 rings (SSSR count). The van der Waals surface area contributed by atoms with Crippen molar-refractivity contribution in [2.75, 3.05) is 18.5 Å². The van der Waals surface area contributed by atoms with Crippen LogP contribution < -0.4 is 5.32 Å². The Balaban J connectivity index is 1.98. The number of carbonyl (C=O) groups is 1. The van der Waals surface area contributed by atoms with Crippen LogP contribution in [-0.4, -0.2) is 30.3 Å². The highest BCUT2D eigenvalue weighted by Crippen LogP contribution is 2.27. The van der Waals surface area contributed by atoms with E-state index in [0.717, 1.165) is 36.2 Å². The number of aromatic carboxylic acids is 1. The van der Waals surface area contributed by atoms with E-state index in [2.05, 4.69) is 28.2 Å². The maximum Gasteiger partial charge on any atom is 0.335 e. The smallest absolute Gasteiger partial charge is 0.335 e. The van der Waals surface area contributed by atoms with Gasteiger partial charge < -0.3 is 15.2 Å². The Morgan fingerprint density at radius 1 is 1.58 bits per heavy atom. The molecular formula is C14H18BrNO3. The molecule has 2 atom stereocenters. The van der Waals surface area contributed by atoms with Crippen LogP contribution in [0.4, 0.5) is 5.69 Å². The molecule has 0 radical (unpaired) electrons. The minimum Gasteiger partial charge on any atom is -0.478 e. The van der Waals surface area contributed by atoms with Crippen LogP contribution in [0, 0.1) is 5.92 Å². The highest BCUT2D eigenvalue weighted by molar-refractivity contribution is 9.10. The van der Waals surface area contributed by atoms with Gasteiger partial charge in [-0.2, -0.15) is 0 Å². The summed E-state index contributed by atoms with van der Waals surface area (Å²) in [7, 11) is 0. The van der Waals surface area contributed by atoms with Gasteiger partial charge >= 0.3 is 5.97 Å². The lowest BCUT2D eigenvalue weighted by Crippen LogP contribution is -2.22. The van der Waals surface area contributed by atoms with Crippen LogP contribution in [0.1, 0.15) is 30.1 Å². The highest BCUT2D eigenvalue weighted by atomic mass is 79.9. The van der Waals surface area contributed by atoms with Crippen LogP contribution in [0.5, 0.6) is 0 Å². The number of ether oxygens (including phenoxy) is 1. The second-order valence-corrected chi connectivity index (χ2v) is 5.60. The van der Waals surface area contributed by atoms with Crippen LogP contribution in [0.3, 0.4) is 0 Å². The molecule has 1 fully saturated rings. The van der Waals surface area contributed by atoms with Crippen LogP contribution >= 0.6 is 15.9 Å². The van der Waals surface area contributed by atoms with Crippen molar-refractivity contribution in [2.45, 2.75) is 25.9 Å². The Morgan fingerprint density at radius 2 is 2.37 bits per heavy atom. The predicted molar refractivity (Wildman–Crippen MR) is 77.7 cm³/mol. The Morgan fingerprint density at radius 3 is 3.00 bits per heavy atom. The third-order valence-corrected chi connectivity index (χ3v) is 4.18. The van der Waals surface area contributed by atoms with Crippen LogP contribution in [0.15, 0.2) is 22.7 Å². The van der Waals surface area contributed by atoms with Gasteiger partial charge in [0.05, 0.1) is 11.7 Å². The van der Waals surface area contributed by atoms with Crippen molar-refractivity contribution >= 4 is 27.6 Å². The van der Waals surface area contributed by atoms with Gasteiger partial charge in [0.25, 0.3) is 0 Å². The van der Waals surface area contributed by atoms with E-state index >= 15 is 0 Å². The number of hydrogen-bond acceptors (Lipinski definition) is 3. The summed E-state index contributed by atoms with van der Waals surface area (Å²) >= 11 is 3.40. The van der Waals surface area contributed by atoms with Gasteiger partial charge in [0.15, 0.2) is 0 Å². The number of carboxylic acids is 1. The fourth-order valence-corrected chi connectivity index (χ4v) is 2.93. The van der Waals surface area contributed by atoms with Gasteiger partial charge in [-0.1, -0.05) is 6.92 Å². The van der Waals surface area contributed by atoms with Gasteiger partial charge in [-0.05, 0) is 47.0 Å². The summed E-state index contributed by atoms with van der Waals surface area (Å²) in [6.07, 6.45) is 2.45. The summed E-state index contributed by atoms with van der Waals surface area (Å²) in [6.45, 7) is 3.83. The molecule has 4 nitrogen and oxygen atoms in total. The largest absolute Gasteiger partial charge is 0.478 e. The van der Waals surface area contributed by atoms with E-state index in [1.54, 1.807) is 18.2 Å². The third-order valence-electron chi connectivity index (χ3n) is 3.52. The number of hydrogen-bond donors (Lipinski definition) is 2. The molecule has 2 unspecified atom stereocenters. The summed E-state index contributed by atoms with van der Waals surface area (Å²) in [5.41, 5.74) is 1.21. The van der Waals surface area contributed by atoms with Crippen LogP contribution in [0.25, 0.3) is 0 Å². The maximum absolute atomic E-state index is 10.9. The fraction of sp³-hybridized carbons (Fsp3) is 0.500. The molecule has 0 spiro atoms. The van der Waals surface area contributed by atoms with Crippen molar-refractivity contribution in [3.8, 4) is 0 Å². The van der Waals surface area contributed by atoms with Crippen molar-refractivity contribution in [1.29, 1.82) is 0 Å². The minimum absolute atomic E-state index is 0.285. The first kappa shape index (κ1) is 14.3. The lowest BCUT2D eigenvalue weighted by molar-refractivity contribution is 0.0697. The normalized spacial score (nSPS) is 22.4. The van der Waals surface area contributed by atoms with Gasteiger partial charge in [-0.25, -0.2) is 4.79 Å². The molecule has 19 heavy (non-hydrogen) atoms. The average molecular weight is 328 g/mol. The summed E-state index contributed by atoms with van der Waals surface area (Å²) in [5, 5.41) is 12.3. The van der Waals surface area contributed by atoms with E-state index in [4.69, 9.17) is 9.84 Å². The summed E-state index contributed by atoms with van der Waals surface area (Å²) in [4.78, 5) is 10.9. The first-order valence-corrected chi connectivity index (χ1v) is 7.29. The SMILES string of the molecule is CCC1OCCC1CNc1ccc(C(=O)O)cc1Br. The number of carboxylic acid groups (broad SMARTS) is 1. The van der Waals surface area contributed by atoms with Gasteiger partial charge in [-0.3, -0.25) is 0 Å². The quantitative estimate of drug-likeness (QED) is 0.870. The molecule has 0 aromatic heterocycles. The highest BCUT2D eigenvalue weighted by Gasteiger charge is 2.26. The minimum atomic E-state index is -0.914. The van der Waals surface area contributed by atoms with E-state index in [9.17, 15) is 4.79 Å². The first-order chi connectivity index (χ1) is 9.11. The Kier molecular flexibility index (Phi) is 4.82. The number of rotatable bonds is 5. The van der Waals surface area contributed by atoms with Crippen LogP contribution in [0.2, 0.25) is 0 Å². The summed E-state index contributed by atoms with van der Waals surface area (Å²) < 4.78 is 6.43. The van der Waals surface area contributed by atoms with Gasteiger partial charge in [0.1, 0.15) is 0 Å². The van der Waals surface area contributed by atoms with E-state index in [-0.39, 0.29) is 5.56 Å². The number of benzene rings is 1. The van der Waals surface area contributed by atoms with Gasteiger partial charge in [0.2, 0.25) is 0 Å². The summed E-state index contributed by atoms with van der Waals surface area (Å²) in [6, 6.07) is 5.02. The molecule has 0 saturated carbocycles. The molecule has 1 aliphatic heterocycles. The van der Waals surface area contributed by atoms with Crippen molar-refractivity contribution in [1.82, 2.24) is 0 Å². The molecule has 104 valence electrons. The van der Waals surface area contributed by atoms with Crippen molar-refractivity contribution in [3.05, 3.63) is 28.2 Å². The van der Waals surface area contributed by atoms with Crippen molar-refractivity contribution in [3.63, 3.8) is 0 Å². The van der Waals surface area contributed by atoms with Gasteiger partial charge in [0, 0.05) is 29.2 Å². The zero-order valence-electron chi connectivity index (χ0n) is 10.9. The zero-order valence-corrected chi connectivity index (χ0v) is 12.4. The molecular weight excluding hydrogens is 310 g/mol. The molecule has 1 heterocycles. The maximum atomic E-state index is 10.9. The standard InChI is InChI=1S/C14H18BrNO3/c1-2-13-10(5-6-19-13)8-16-12-4-3-9(14(17)18)7-11(12)15/h3-4,7,10,13,16H,2,5-6,8H2,1H3,(H,17,18). The molecule has 0 bridgehead atoms. The second kappa shape index (κ2) is 6.39. The molecule has 0 amide bonds. The van der Waals surface area contributed by atoms with Crippen LogP contribution in [-0.2, 0) is 4.74 Å². The number of anilines is 1. The third kappa shape index (κ3) is 3.48. The number of halogens is 1. The molecule has 0 aliphatic carbocycles. The van der Waals surface area contributed by atoms with Gasteiger partial charge in [-0.15, -0.1) is 0 Å². The van der Waals surface area contributed by atoms with E-state index in [1.165, 1.54) is 0 Å². The molecule has 2 N–H and O–H groups in total. The Hall–Kier alpha value is -1.07. The van der Waals surface area contributed by atoms with E-state index < -0.39 is 5.97 Å². The average Bonchev–Trinajstić information content (AvgIpc) is 2.84. The summed E-state index contributed by atoms with van der Waals surface area (Å²) in [5.74, 6) is -0.390. The lowest BCUT2D eigenvalue weighted by Gasteiger charge is -2.18. The molecule has 1 aromatic carbocycles. The first-order valence-electron chi connectivity index (χ1n) is 6.50. The monoisotopic (exact) mass is 327 g/mol. The van der Waals surface area contributed by atoms with E-state index in [0.29, 0.717) is 12.0 Å². The predicted octanol–water partition coefficient (Wildman–Crippen LogP) is 3.37. The fourth-order valence-electron chi connectivity index (χ4n) is 2.41. The molecule has 1 saturated heterocycles. The van der Waals surface area contributed by atoms with Crippen molar-refractivity contribution < 1.29 is 14.6 Å². The second-order valence-electron chi connectivity index (χ2n) is 4.75. The zero-order chi connectivity index (χ0) is 13.8. The Bertz CT molecular complexity index is 464. The molecule has 1 aromatic rings. The number of nitrogens with one attached hydrogen (secondary N) is 1. The Labute approximate surface area is 121 Å². The van der Waals surface area contributed by atoms with E-state index in [1.807, 2.05) is 0 Å². The topological polar surface area (TPSA) is 58.6 Å². The lowest BCUT2D eigenvalue weighted by atomic mass is 9.99. The molecule has 1 aliphatic rings. The van der Waals surface area contributed by atoms with Crippen molar-refractivity contribution in [2.24, 2.45) is 5.92 Å². The molecule has 5 heteroatoms.